The SMILES string of the molecule is CCOC(=O)c1[nH]c2c(c1C)C(=O)CC(c1ccc(C)cc1)C2. The van der Waals surface area contributed by atoms with Crippen LogP contribution in [0.1, 0.15) is 62.5 Å². The number of hydrogen-bond donors (Lipinski definition) is 1. The molecule has 1 aromatic heterocycles. The summed E-state index contributed by atoms with van der Waals surface area (Å²) in [6, 6.07) is 8.30. The van der Waals surface area contributed by atoms with E-state index < -0.39 is 0 Å². The van der Waals surface area contributed by atoms with E-state index in [1.165, 1.54) is 11.1 Å². The predicted molar refractivity (Wildman–Crippen MR) is 88.1 cm³/mol. The summed E-state index contributed by atoms with van der Waals surface area (Å²) in [7, 11) is 0. The highest BCUT2D eigenvalue weighted by molar-refractivity contribution is 6.03. The molecule has 1 aliphatic carbocycles. The number of aromatic amines is 1. The Kier molecular flexibility index (Phi) is 4.07. The second kappa shape index (κ2) is 6.03. The second-order valence-electron chi connectivity index (χ2n) is 6.14. The van der Waals surface area contributed by atoms with Crippen molar-refractivity contribution in [1.29, 1.82) is 0 Å². The topological polar surface area (TPSA) is 59.2 Å². The molecule has 4 nitrogen and oxygen atoms in total. The number of Topliss-reactive ketones (excluding diaryl/α,β-unsaturated/α-hetero) is 1. The quantitative estimate of drug-likeness (QED) is 0.879. The van der Waals surface area contributed by atoms with Gasteiger partial charge in [0.2, 0.25) is 0 Å². The molecule has 1 unspecified atom stereocenters. The largest absolute Gasteiger partial charge is 0.461 e. The molecule has 0 saturated heterocycles. The van der Waals surface area contributed by atoms with Gasteiger partial charge in [-0.1, -0.05) is 29.8 Å². The van der Waals surface area contributed by atoms with E-state index in [-0.39, 0.29) is 17.7 Å². The number of aromatic nitrogens is 1. The number of carbonyl (C=O) groups excluding carboxylic acids is 2. The number of aryl methyl sites for hydroxylation is 1. The van der Waals surface area contributed by atoms with Gasteiger partial charge in [-0.3, -0.25) is 4.79 Å². The molecular formula is C19H21NO3. The highest BCUT2D eigenvalue weighted by Gasteiger charge is 2.32. The maximum atomic E-state index is 12.6. The van der Waals surface area contributed by atoms with Crippen molar-refractivity contribution in [3.05, 3.63) is 57.9 Å². The minimum atomic E-state index is -0.390. The Morgan fingerprint density at radius 1 is 1.22 bits per heavy atom. The van der Waals surface area contributed by atoms with Crippen molar-refractivity contribution >= 4 is 11.8 Å². The standard InChI is InChI=1S/C19H21NO3/c1-4-23-19(22)18-12(3)17-15(20-18)9-14(10-16(17)21)13-7-5-11(2)6-8-13/h5-8,14,20H,4,9-10H2,1-3H3. The molecule has 0 radical (unpaired) electrons. The van der Waals surface area contributed by atoms with Crippen LogP contribution in [0.2, 0.25) is 0 Å². The van der Waals surface area contributed by atoms with Gasteiger partial charge >= 0.3 is 5.97 Å². The van der Waals surface area contributed by atoms with Crippen molar-refractivity contribution in [2.45, 2.75) is 39.5 Å². The number of ketones is 1. The summed E-state index contributed by atoms with van der Waals surface area (Å²) in [6.07, 6.45) is 1.22. The van der Waals surface area contributed by atoms with Gasteiger partial charge in [0.1, 0.15) is 5.69 Å². The highest BCUT2D eigenvalue weighted by atomic mass is 16.5. The molecule has 0 saturated carbocycles. The lowest BCUT2D eigenvalue weighted by molar-refractivity contribution is 0.0519. The molecule has 1 atom stereocenters. The molecule has 0 spiro atoms. The Labute approximate surface area is 135 Å². The summed E-state index contributed by atoms with van der Waals surface area (Å²) >= 11 is 0. The van der Waals surface area contributed by atoms with Gasteiger partial charge in [0.05, 0.1) is 6.61 Å². The van der Waals surface area contributed by atoms with Crippen LogP contribution in [-0.2, 0) is 11.2 Å². The van der Waals surface area contributed by atoms with Crippen molar-refractivity contribution in [3.8, 4) is 0 Å². The first-order valence-electron chi connectivity index (χ1n) is 7.99. The molecule has 1 heterocycles. The average molecular weight is 311 g/mol. The van der Waals surface area contributed by atoms with Gasteiger partial charge in [-0.25, -0.2) is 4.79 Å². The maximum absolute atomic E-state index is 12.6. The van der Waals surface area contributed by atoms with Crippen molar-refractivity contribution < 1.29 is 14.3 Å². The Bertz CT molecular complexity index is 756. The molecule has 0 amide bonds. The fraction of sp³-hybridized carbons (Fsp3) is 0.368. The zero-order valence-electron chi connectivity index (χ0n) is 13.7. The number of nitrogens with one attached hydrogen (secondary N) is 1. The summed E-state index contributed by atoms with van der Waals surface area (Å²) in [5.41, 5.74) is 5.03. The molecular weight excluding hydrogens is 290 g/mol. The third-order valence-corrected chi connectivity index (χ3v) is 4.52. The van der Waals surface area contributed by atoms with Crippen LogP contribution in [-0.4, -0.2) is 23.3 Å². The number of hydrogen-bond acceptors (Lipinski definition) is 3. The fourth-order valence-electron chi connectivity index (χ4n) is 3.32. The van der Waals surface area contributed by atoms with Gasteiger partial charge in [-0.2, -0.15) is 0 Å². The highest BCUT2D eigenvalue weighted by Crippen LogP contribution is 2.35. The van der Waals surface area contributed by atoms with Crippen molar-refractivity contribution in [3.63, 3.8) is 0 Å². The number of ether oxygens (including phenoxy) is 1. The van der Waals surface area contributed by atoms with Crippen LogP contribution in [0.15, 0.2) is 24.3 Å². The fourth-order valence-corrected chi connectivity index (χ4v) is 3.32. The zero-order chi connectivity index (χ0) is 16.6. The minimum absolute atomic E-state index is 0.0983. The average Bonchev–Trinajstić information content (AvgIpc) is 2.86. The first-order chi connectivity index (χ1) is 11.0. The Balaban J connectivity index is 1.94. The summed E-state index contributed by atoms with van der Waals surface area (Å²) < 4.78 is 5.06. The van der Waals surface area contributed by atoms with Crippen LogP contribution in [0.5, 0.6) is 0 Å². The number of rotatable bonds is 3. The van der Waals surface area contributed by atoms with Crippen LogP contribution >= 0.6 is 0 Å². The molecule has 4 heteroatoms. The van der Waals surface area contributed by atoms with Gasteiger partial charge in [0.25, 0.3) is 0 Å². The number of carbonyl (C=O) groups is 2. The first-order valence-corrected chi connectivity index (χ1v) is 7.99. The molecule has 1 aliphatic rings. The van der Waals surface area contributed by atoms with Gasteiger partial charge in [-0.15, -0.1) is 0 Å². The molecule has 1 N–H and O–H groups in total. The van der Waals surface area contributed by atoms with Crippen LogP contribution in [0.4, 0.5) is 0 Å². The second-order valence-corrected chi connectivity index (χ2v) is 6.14. The Morgan fingerprint density at radius 3 is 2.57 bits per heavy atom. The van der Waals surface area contributed by atoms with E-state index in [0.717, 1.165) is 12.1 Å². The van der Waals surface area contributed by atoms with E-state index in [4.69, 9.17) is 4.74 Å². The number of H-pyrrole nitrogens is 1. The molecule has 3 rings (SSSR count). The van der Waals surface area contributed by atoms with Gasteiger partial charge in [0, 0.05) is 17.7 Å². The van der Waals surface area contributed by atoms with E-state index in [9.17, 15) is 9.59 Å². The first kappa shape index (κ1) is 15.5. The summed E-state index contributed by atoms with van der Waals surface area (Å²) in [6.45, 7) is 5.95. The molecule has 0 bridgehead atoms. The van der Waals surface area contributed by atoms with E-state index in [2.05, 4.69) is 29.2 Å². The monoisotopic (exact) mass is 311 g/mol. The van der Waals surface area contributed by atoms with E-state index in [1.54, 1.807) is 6.92 Å². The van der Waals surface area contributed by atoms with E-state index in [0.29, 0.717) is 29.8 Å². The zero-order valence-corrected chi connectivity index (χ0v) is 13.7. The molecule has 0 aliphatic heterocycles. The number of esters is 1. The van der Waals surface area contributed by atoms with E-state index in [1.807, 2.05) is 13.8 Å². The van der Waals surface area contributed by atoms with E-state index >= 15 is 0 Å². The third-order valence-electron chi connectivity index (χ3n) is 4.52. The molecule has 120 valence electrons. The third kappa shape index (κ3) is 2.81. The molecule has 2 aromatic rings. The maximum Gasteiger partial charge on any atom is 0.355 e. The number of benzene rings is 1. The summed E-state index contributed by atoms with van der Waals surface area (Å²) in [4.78, 5) is 27.7. The van der Waals surface area contributed by atoms with Gasteiger partial charge < -0.3 is 9.72 Å². The smallest absolute Gasteiger partial charge is 0.355 e. The van der Waals surface area contributed by atoms with Crippen LogP contribution in [0.25, 0.3) is 0 Å². The Morgan fingerprint density at radius 2 is 1.91 bits per heavy atom. The summed E-state index contributed by atoms with van der Waals surface area (Å²) in [5.74, 6) is -0.135. The molecule has 1 aromatic carbocycles. The van der Waals surface area contributed by atoms with Crippen LogP contribution < -0.4 is 0 Å². The lowest BCUT2D eigenvalue weighted by atomic mass is 9.81. The van der Waals surface area contributed by atoms with Gasteiger partial charge in [-0.05, 0) is 44.2 Å². The Hall–Kier alpha value is -2.36. The van der Waals surface area contributed by atoms with Crippen molar-refractivity contribution in [1.82, 2.24) is 4.98 Å². The predicted octanol–water partition coefficient (Wildman–Crippen LogP) is 3.72. The van der Waals surface area contributed by atoms with Gasteiger partial charge in [0.15, 0.2) is 5.78 Å². The normalized spacial score (nSPS) is 17.0. The lowest BCUT2D eigenvalue weighted by Gasteiger charge is -2.22. The molecule has 0 fully saturated rings. The van der Waals surface area contributed by atoms with Crippen molar-refractivity contribution in [2.75, 3.05) is 6.61 Å². The van der Waals surface area contributed by atoms with Crippen LogP contribution in [0.3, 0.4) is 0 Å². The molecule has 23 heavy (non-hydrogen) atoms. The van der Waals surface area contributed by atoms with Crippen LogP contribution in [0, 0.1) is 13.8 Å². The minimum Gasteiger partial charge on any atom is -0.461 e. The van der Waals surface area contributed by atoms with Crippen molar-refractivity contribution in [2.24, 2.45) is 0 Å². The summed E-state index contributed by atoms with van der Waals surface area (Å²) in [5, 5.41) is 0. The number of fused-ring (bicyclic) bond motifs is 1. The lowest BCUT2D eigenvalue weighted by Crippen LogP contribution is -2.18.